The van der Waals surface area contributed by atoms with Crippen LogP contribution in [0.25, 0.3) is 34.7 Å². The van der Waals surface area contributed by atoms with Crippen LogP contribution in [0.15, 0.2) is 155 Å². The molecule has 0 bridgehead atoms. The molecule has 0 amide bonds. The Morgan fingerprint density at radius 1 is 0.680 bits per heavy atom. The summed E-state index contributed by atoms with van der Waals surface area (Å²) in [7, 11) is 0. The Morgan fingerprint density at radius 3 is 2.40 bits per heavy atom. The van der Waals surface area contributed by atoms with Gasteiger partial charge < -0.3 is 0 Å². The smallest absolute Gasteiger partial charge is 0.103 e. The number of dihydropyridines is 1. The number of allylic oxidation sites excluding steroid dienone is 6. The molecule has 0 fully saturated rings. The highest BCUT2D eigenvalue weighted by molar-refractivity contribution is 6.16. The van der Waals surface area contributed by atoms with E-state index in [0.717, 1.165) is 81.3 Å². The Hall–Kier alpha value is -6.00. The zero-order chi connectivity index (χ0) is 33.0. The van der Waals surface area contributed by atoms with Crippen molar-refractivity contribution in [1.29, 1.82) is 0 Å². The first-order chi connectivity index (χ1) is 24.8. The fourth-order valence-corrected chi connectivity index (χ4v) is 8.06. The van der Waals surface area contributed by atoms with E-state index < -0.39 is 0 Å². The molecule has 10 rings (SSSR count). The second-order valence-electron chi connectivity index (χ2n) is 13.6. The molecule has 3 aliphatic carbocycles. The average Bonchev–Trinajstić information content (AvgIpc) is 3.20. The molecule has 4 nitrogen and oxygen atoms in total. The predicted octanol–water partition coefficient (Wildman–Crippen LogP) is 10.3. The van der Waals surface area contributed by atoms with Crippen molar-refractivity contribution < 1.29 is 0 Å². The Kier molecular flexibility index (Phi) is 6.87. The van der Waals surface area contributed by atoms with Gasteiger partial charge >= 0.3 is 0 Å². The van der Waals surface area contributed by atoms with E-state index in [9.17, 15) is 0 Å². The van der Waals surface area contributed by atoms with E-state index in [1.54, 1.807) is 0 Å². The Morgan fingerprint density at radius 2 is 1.52 bits per heavy atom. The average molecular weight is 643 g/mol. The van der Waals surface area contributed by atoms with E-state index in [2.05, 4.69) is 140 Å². The lowest BCUT2D eigenvalue weighted by atomic mass is 9.76. The van der Waals surface area contributed by atoms with E-state index in [1.807, 2.05) is 12.3 Å². The lowest BCUT2D eigenvalue weighted by Crippen LogP contribution is -2.20. The highest BCUT2D eigenvalue weighted by atomic mass is 14.9. The molecule has 3 aromatic carbocycles. The number of benzene rings is 3. The number of aromatic nitrogens is 2. The van der Waals surface area contributed by atoms with Gasteiger partial charge in [-0.3, -0.25) is 15.0 Å². The lowest BCUT2D eigenvalue weighted by molar-refractivity contribution is 0.592. The quantitative estimate of drug-likeness (QED) is 0.196. The van der Waals surface area contributed by atoms with Gasteiger partial charge in [0.05, 0.1) is 28.5 Å². The number of fused-ring (bicyclic) bond motifs is 8. The number of hydrogen-bond acceptors (Lipinski definition) is 4. The maximum atomic E-state index is 5.25. The van der Waals surface area contributed by atoms with E-state index in [0.29, 0.717) is 5.92 Å². The van der Waals surface area contributed by atoms with Crippen molar-refractivity contribution >= 4 is 23.6 Å². The number of pyridine rings is 2. The molecule has 50 heavy (non-hydrogen) atoms. The first kappa shape index (κ1) is 29.0. The van der Waals surface area contributed by atoms with Crippen LogP contribution in [0.1, 0.15) is 69.4 Å². The van der Waals surface area contributed by atoms with Gasteiger partial charge in [-0.05, 0) is 77.4 Å². The molecule has 0 saturated heterocycles. The van der Waals surface area contributed by atoms with E-state index in [1.165, 1.54) is 22.3 Å². The SMILES string of the molecule is C1=CCC2C(=C1)N=C(c1ccc(-c3ccc(-c4ccc5c(n4)C4N=C(c6ccccc6)C=CC4C=C5)cn3)cc1)c1ccc3c(c12)C=CCC3. The molecule has 3 unspecified atom stereocenters. The Bertz CT molecular complexity index is 2390. The van der Waals surface area contributed by atoms with Crippen LogP contribution >= 0.6 is 0 Å². The third kappa shape index (κ3) is 4.90. The van der Waals surface area contributed by atoms with Gasteiger partial charge in [-0.25, -0.2) is 4.98 Å². The molecule has 5 aromatic rings. The van der Waals surface area contributed by atoms with Crippen LogP contribution in [0.4, 0.5) is 0 Å². The molecule has 0 radical (unpaired) electrons. The Balaban J connectivity index is 0.938. The van der Waals surface area contributed by atoms with E-state index in [-0.39, 0.29) is 12.0 Å². The number of aryl methyl sites for hydroxylation is 1. The zero-order valence-corrected chi connectivity index (χ0v) is 27.6. The van der Waals surface area contributed by atoms with Gasteiger partial charge in [0, 0.05) is 46.0 Å². The summed E-state index contributed by atoms with van der Waals surface area (Å²) >= 11 is 0. The molecule has 5 aliphatic rings. The standard InChI is InChI=1S/C46H34N4/c1-2-9-30(10-3-1)40-26-21-33-18-19-34-22-27-41(49-46(34)45(33)48-40)35-23-25-39(47-28-35)31-14-16-32(17-15-31)44-38-24-20-29-8-4-5-11-36(29)43(38)37-12-6-7-13-42(37)50-44/h1-3,5-7,9-11,13-28,33,37,45H,4,8,12H2. The van der Waals surface area contributed by atoms with Crippen molar-refractivity contribution in [2.45, 2.75) is 31.2 Å². The maximum Gasteiger partial charge on any atom is 0.103 e. The van der Waals surface area contributed by atoms with Gasteiger partial charge in [0.25, 0.3) is 0 Å². The van der Waals surface area contributed by atoms with Crippen molar-refractivity contribution in [1.82, 2.24) is 9.97 Å². The maximum absolute atomic E-state index is 5.25. The third-order valence-electron chi connectivity index (χ3n) is 10.7. The minimum atomic E-state index is -0.0414. The van der Waals surface area contributed by atoms with Crippen molar-refractivity contribution in [3.63, 3.8) is 0 Å². The summed E-state index contributed by atoms with van der Waals surface area (Å²) in [5, 5.41) is 0. The van der Waals surface area contributed by atoms with Crippen molar-refractivity contribution in [3.8, 4) is 22.5 Å². The molecule has 2 aromatic heterocycles. The fourth-order valence-electron chi connectivity index (χ4n) is 8.06. The first-order valence-corrected chi connectivity index (χ1v) is 17.6. The van der Waals surface area contributed by atoms with Crippen LogP contribution in [0.2, 0.25) is 0 Å². The third-order valence-corrected chi connectivity index (χ3v) is 10.7. The van der Waals surface area contributed by atoms with Gasteiger partial charge in [-0.15, -0.1) is 0 Å². The van der Waals surface area contributed by atoms with Crippen LogP contribution < -0.4 is 0 Å². The fraction of sp³-hybridized carbons (Fsp3) is 0.130. The van der Waals surface area contributed by atoms with Gasteiger partial charge in [-0.1, -0.05) is 115 Å². The van der Waals surface area contributed by atoms with Crippen molar-refractivity contribution in [2.24, 2.45) is 15.9 Å². The van der Waals surface area contributed by atoms with Gasteiger partial charge in [0.2, 0.25) is 0 Å². The van der Waals surface area contributed by atoms with Gasteiger partial charge in [0.15, 0.2) is 0 Å². The van der Waals surface area contributed by atoms with Crippen LogP contribution in [0.3, 0.4) is 0 Å². The summed E-state index contributed by atoms with van der Waals surface area (Å²) in [4.78, 5) is 20.5. The van der Waals surface area contributed by atoms with Crippen molar-refractivity contribution in [2.75, 3.05) is 0 Å². The molecule has 4 heteroatoms. The summed E-state index contributed by atoms with van der Waals surface area (Å²) in [6.45, 7) is 0. The molecule has 0 saturated carbocycles. The van der Waals surface area contributed by atoms with E-state index in [4.69, 9.17) is 20.0 Å². The molecule has 0 spiro atoms. The highest BCUT2D eigenvalue weighted by Crippen LogP contribution is 2.44. The molecule has 238 valence electrons. The molecule has 3 atom stereocenters. The molecule has 2 aliphatic heterocycles. The number of hydrogen-bond donors (Lipinski definition) is 0. The predicted molar refractivity (Wildman–Crippen MR) is 204 cm³/mol. The molecular formula is C46H34N4. The zero-order valence-electron chi connectivity index (χ0n) is 27.6. The highest BCUT2D eigenvalue weighted by Gasteiger charge is 2.32. The molecular weight excluding hydrogens is 609 g/mol. The number of rotatable bonds is 4. The minimum absolute atomic E-state index is 0.0414. The van der Waals surface area contributed by atoms with Crippen LogP contribution in [-0.2, 0) is 6.42 Å². The lowest BCUT2D eigenvalue weighted by Gasteiger charge is -2.31. The second-order valence-corrected chi connectivity index (χ2v) is 13.6. The monoisotopic (exact) mass is 642 g/mol. The summed E-state index contributed by atoms with van der Waals surface area (Å²) in [6.07, 6.45) is 25.2. The van der Waals surface area contributed by atoms with Crippen LogP contribution in [0, 0.1) is 5.92 Å². The summed E-state index contributed by atoms with van der Waals surface area (Å²) in [5.41, 5.74) is 17.1. The van der Waals surface area contributed by atoms with Crippen LogP contribution in [0.5, 0.6) is 0 Å². The Labute approximate surface area is 292 Å². The topological polar surface area (TPSA) is 50.5 Å². The van der Waals surface area contributed by atoms with Crippen molar-refractivity contribution in [3.05, 3.63) is 190 Å². The van der Waals surface area contributed by atoms with Crippen LogP contribution in [-0.4, -0.2) is 21.4 Å². The number of nitrogens with zero attached hydrogens (tertiary/aromatic N) is 4. The second kappa shape index (κ2) is 11.9. The normalized spacial score (nSPS) is 20.8. The first-order valence-electron chi connectivity index (χ1n) is 17.6. The van der Waals surface area contributed by atoms with Gasteiger partial charge in [-0.2, -0.15) is 0 Å². The largest absolute Gasteiger partial charge is 0.274 e. The minimum Gasteiger partial charge on any atom is -0.274 e. The molecule has 4 heterocycles. The van der Waals surface area contributed by atoms with E-state index >= 15 is 0 Å². The van der Waals surface area contributed by atoms with Gasteiger partial charge in [0.1, 0.15) is 6.04 Å². The molecule has 0 N–H and O–H groups in total. The summed E-state index contributed by atoms with van der Waals surface area (Å²) in [6, 6.07) is 32.2. The summed E-state index contributed by atoms with van der Waals surface area (Å²) in [5.74, 6) is 0.522. The number of aliphatic imine (C=N–C) groups is 2. The summed E-state index contributed by atoms with van der Waals surface area (Å²) < 4.78 is 0.